The number of aromatic amines is 1. The highest BCUT2D eigenvalue weighted by atomic mass is 32.1. The van der Waals surface area contributed by atoms with E-state index in [4.69, 9.17) is 0 Å². The van der Waals surface area contributed by atoms with Gasteiger partial charge in [-0.2, -0.15) is 0 Å². The summed E-state index contributed by atoms with van der Waals surface area (Å²) in [6.45, 7) is 12.6. The molecule has 0 bridgehead atoms. The molecule has 0 fully saturated rings. The van der Waals surface area contributed by atoms with Crippen LogP contribution in [0, 0.1) is 32.6 Å². The molecule has 5 rings (SSSR count). The zero-order valence-electron chi connectivity index (χ0n) is 20.1. The van der Waals surface area contributed by atoms with Crippen LogP contribution in [-0.4, -0.2) is 21.7 Å². The van der Waals surface area contributed by atoms with Crippen LogP contribution in [0.4, 0.5) is 5.69 Å². The van der Waals surface area contributed by atoms with Gasteiger partial charge in [0.2, 0.25) is 0 Å². The average molecular weight is 455 g/mol. The molecule has 2 atom stereocenters. The van der Waals surface area contributed by atoms with E-state index in [-0.39, 0.29) is 5.92 Å². The molecule has 0 spiro atoms. The number of para-hydroxylation sites is 1. The molecule has 2 aromatic carbocycles. The minimum Gasteiger partial charge on any atom is -0.390 e. The Morgan fingerprint density at radius 2 is 1.79 bits per heavy atom. The Hall–Kier alpha value is -3.00. The van der Waals surface area contributed by atoms with Crippen molar-refractivity contribution in [2.75, 3.05) is 5.32 Å². The number of aliphatic hydroxyl groups is 1. The molecule has 3 N–H and O–H groups in total. The Morgan fingerprint density at radius 3 is 2.52 bits per heavy atom. The van der Waals surface area contributed by atoms with Crippen LogP contribution in [0.25, 0.3) is 22.0 Å². The number of hydrogen-bond donors (Lipinski definition) is 3. The van der Waals surface area contributed by atoms with E-state index in [1.54, 1.807) is 11.3 Å². The summed E-state index contributed by atoms with van der Waals surface area (Å²) < 4.78 is 0. The summed E-state index contributed by atoms with van der Waals surface area (Å²) in [5, 5.41) is 16.0. The van der Waals surface area contributed by atoms with E-state index in [9.17, 15) is 5.11 Å². The van der Waals surface area contributed by atoms with Crippen molar-refractivity contribution in [2.45, 2.75) is 59.1 Å². The molecule has 0 aliphatic carbocycles. The summed E-state index contributed by atoms with van der Waals surface area (Å²) >= 11 is 1.71. The summed E-state index contributed by atoms with van der Waals surface area (Å²) in [5.41, 5.74) is 8.58. The first kappa shape index (κ1) is 21.8. The molecular weight excluding hydrogens is 424 g/mol. The van der Waals surface area contributed by atoms with Crippen LogP contribution in [0.1, 0.15) is 58.7 Å². The van der Waals surface area contributed by atoms with Crippen LogP contribution in [0.2, 0.25) is 0 Å². The summed E-state index contributed by atoms with van der Waals surface area (Å²) in [5.74, 6) is 6.91. The topological polar surface area (TPSA) is 48.0 Å². The van der Waals surface area contributed by atoms with Crippen molar-refractivity contribution < 1.29 is 5.11 Å². The summed E-state index contributed by atoms with van der Waals surface area (Å²) in [6, 6.07) is 12.9. The number of aliphatic hydroxyl groups excluding tert-OH is 1. The number of aryl methyl sites for hydroxylation is 3. The molecule has 3 heterocycles. The lowest BCUT2D eigenvalue weighted by Crippen LogP contribution is -2.50. The van der Waals surface area contributed by atoms with Crippen molar-refractivity contribution in [3.8, 4) is 23.0 Å². The Kier molecular flexibility index (Phi) is 5.16. The number of anilines is 1. The lowest BCUT2D eigenvalue weighted by Gasteiger charge is -2.43. The molecular formula is C29H30N2OS. The second-order valence-electron chi connectivity index (χ2n) is 9.85. The quantitative estimate of drug-likeness (QED) is 0.274. The molecule has 1 unspecified atom stereocenters. The SMILES string of the molecule is Cc1ccc(C#Cc2c(-c3cccc4c(C)c[nH]c34)cc(C)c3c2[C@H](C)C(O)C(C)(C)N3)s1. The fraction of sp³-hybridized carbons (Fsp3) is 0.310. The minimum absolute atomic E-state index is 0.0474. The van der Waals surface area contributed by atoms with Gasteiger partial charge < -0.3 is 15.4 Å². The van der Waals surface area contributed by atoms with E-state index in [2.05, 4.69) is 106 Å². The number of hydrogen-bond acceptors (Lipinski definition) is 3. The number of rotatable bonds is 1. The van der Waals surface area contributed by atoms with Crippen LogP contribution >= 0.6 is 11.3 Å². The van der Waals surface area contributed by atoms with Crippen LogP contribution < -0.4 is 5.32 Å². The lowest BCUT2D eigenvalue weighted by atomic mass is 9.75. The maximum absolute atomic E-state index is 11.2. The van der Waals surface area contributed by atoms with Gasteiger partial charge in [-0.25, -0.2) is 0 Å². The largest absolute Gasteiger partial charge is 0.390 e. The van der Waals surface area contributed by atoms with Gasteiger partial charge in [0.05, 0.1) is 22.0 Å². The average Bonchev–Trinajstić information content (AvgIpc) is 3.37. The molecule has 4 heteroatoms. The second kappa shape index (κ2) is 7.80. The van der Waals surface area contributed by atoms with E-state index in [0.717, 1.165) is 38.3 Å². The van der Waals surface area contributed by atoms with Gasteiger partial charge in [-0.05, 0) is 69.5 Å². The summed E-state index contributed by atoms with van der Waals surface area (Å²) in [7, 11) is 0. The van der Waals surface area contributed by atoms with Crippen LogP contribution in [0.3, 0.4) is 0 Å². The molecule has 2 aromatic heterocycles. The van der Waals surface area contributed by atoms with E-state index in [0.29, 0.717) is 0 Å². The maximum atomic E-state index is 11.2. The number of benzene rings is 2. The van der Waals surface area contributed by atoms with Gasteiger partial charge >= 0.3 is 0 Å². The first-order valence-corrected chi connectivity index (χ1v) is 12.3. The fourth-order valence-electron chi connectivity index (χ4n) is 5.14. The molecule has 168 valence electrons. The van der Waals surface area contributed by atoms with Crippen LogP contribution in [0.5, 0.6) is 0 Å². The molecule has 0 saturated heterocycles. The standard InChI is InChI=1S/C29H30N2OS/c1-16-14-24(23-9-7-8-21-17(2)15-30-27(21)23)22(13-12-20-11-10-18(3)33-20)25-19(4)28(32)29(5,6)31-26(16)25/h7-11,14-15,19,28,30-32H,1-6H3/t19-,28?/m0/s1. The molecule has 0 radical (unpaired) electrons. The number of H-pyrrole nitrogens is 1. The molecule has 0 amide bonds. The zero-order chi connectivity index (χ0) is 23.5. The number of fused-ring (bicyclic) bond motifs is 2. The molecule has 1 aliphatic rings. The predicted octanol–water partition coefficient (Wildman–Crippen LogP) is 6.89. The molecule has 0 saturated carbocycles. The van der Waals surface area contributed by atoms with Crippen molar-refractivity contribution in [3.63, 3.8) is 0 Å². The van der Waals surface area contributed by atoms with Gasteiger partial charge in [0, 0.05) is 44.8 Å². The van der Waals surface area contributed by atoms with Crippen molar-refractivity contribution in [1.29, 1.82) is 0 Å². The molecule has 1 aliphatic heterocycles. The third kappa shape index (κ3) is 3.57. The maximum Gasteiger partial charge on any atom is 0.0831 e. The van der Waals surface area contributed by atoms with Gasteiger partial charge in [-0.1, -0.05) is 37.0 Å². The highest BCUT2D eigenvalue weighted by molar-refractivity contribution is 7.12. The smallest absolute Gasteiger partial charge is 0.0831 e. The van der Waals surface area contributed by atoms with E-state index in [1.165, 1.54) is 21.4 Å². The first-order valence-electron chi connectivity index (χ1n) is 11.5. The van der Waals surface area contributed by atoms with Crippen LogP contribution in [0.15, 0.2) is 42.6 Å². The highest BCUT2D eigenvalue weighted by Crippen LogP contribution is 2.46. The highest BCUT2D eigenvalue weighted by Gasteiger charge is 2.40. The number of aromatic nitrogens is 1. The fourth-order valence-corrected chi connectivity index (χ4v) is 5.86. The van der Waals surface area contributed by atoms with Gasteiger partial charge in [0.1, 0.15) is 0 Å². The van der Waals surface area contributed by atoms with E-state index in [1.807, 2.05) is 0 Å². The number of nitrogens with one attached hydrogen (secondary N) is 2. The molecule has 33 heavy (non-hydrogen) atoms. The van der Waals surface area contributed by atoms with E-state index >= 15 is 0 Å². The Labute approximate surface area is 199 Å². The monoisotopic (exact) mass is 454 g/mol. The van der Waals surface area contributed by atoms with Crippen LogP contribution in [-0.2, 0) is 0 Å². The first-order chi connectivity index (χ1) is 15.7. The minimum atomic E-state index is -0.521. The van der Waals surface area contributed by atoms with Gasteiger partial charge in [-0.3, -0.25) is 0 Å². The number of thiophene rings is 1. The third-order valence-electron chi connectivity index (χ3n) is 6.94. The zero-order valence-corrected chi connectivity index (χ0v) is 20.9. The third-order valence-corrected chi connectivity index (χ3v) is 7.86. The normalized spacial score (nSPS) is 19.0. The molecule has 3 nitrogen and oxygen atoms in total. The Morgan fingerprint density at radius 1 is 1.00 bits per heavy atom. The van der Waals surface area contributed by atoms with E-state index < -0.39 is 11.6 Å². The second-order valence-corrected chi connectivity index (χ2v) is 11.1. The summed E-state index contributed by atoms with van der Waals surface area (Å²) in [6.07, 6.45) is 1.54. The van der Waals surface area contributed by atoms with Gasteiger partial charge in [-0.15, -0.1) is 11.3 Å². The molecule has 4 aromatic rings. The summed E-state index contributed by atoms with van der Waals surface area (Å²) in [4.78, 5) is 5.79. The van der Waals surface area contributed by atoms with Gasteiger partial charge in [0.15, 0.2) is 0 Å². The lowest BCUT2D eigenvalue weighted by molar-refractivity contribution is 0.0868. The van der Waals surface area contributed by atoms with Crippen molar-refractivity contribution in [3.05, 3.63) is 74.6 Å². The van der Waals surface area contributed by atoms with Gasteiger partial charge in [0.25, 0.3) is 0 Å². The Balaban J connectivity index is 1.83. The predicted molar refractivity (Wildman–Crippen MR) is 140 cm³/mol. The van der Waals surface area contributed by atoms with Crippen molar-refractivity contribution in [2.24, 2.45) is 0 Å². The van der Waals surface area contributed by atoms with Crippen molar-refractivity contribution >= 4 is 27.9 Å². The Bertz CT molecular complexity index is 1440. The van der Waals surface area contributed by atoms with Crippen molar-refractivity contribution in [1.82, 2.24) is 4.98 Å².